The summed E-state index contributed by atoms with van der Waals surface area (Å²) in [5.41, 5.74) is 4.29. The average molecular weight is 505 g/mol. The second-order valence-electron chi connectivity index (χ2n) is 10.3. The van der Waals surface area contributed by atoms with Gasteiger partial charge in [-0.2, -0.15) is 0 Å². The summed E-state index contributed by atoms with van der Waals surface area (Å²) < 4.78 is 0. The van der Waals surface area contributed by atoms with E-state index in [0.29, 0.717) is 11.3 Å². The van der Waals surface area contributed by atoms with Gasteiger partial charge in [-0.25, -0.2) is 0 Å². The molecule has 0 unspecified atom stereocenters. The van der Waals surface area contributed by atoms with Crippen LogP contribution in [0.2, 0.25) is 0 Å². The number of anilines is 1. The third-order valence-electron chi connectivity index (χ3n) is 7.92. The molecule has 0 spiro atoms. The predicted molar refractivity (Wildman–Crippen MR) is 135 cm³/mol. The van der Waals surface area contributed by atoms with Crippen LogP contribution in [0, 0.1) is 23.7 Å². The summed E-state index contributed by atoms with van der Waals surface area (Å²) >= 11 is 0. The Morgan fingerprint density at radius 1 is 1.16 bits per heavy atom. The lowest BCUT2D eigenvalue weighted by Gasteiger charge is -2.46. The monoisotopic (exact) mass is 504 g/mol. The number of aliphatic hydroxyl groups is 3. The van der Waals surface area contributed by atoms with Gasteiger partial charge in [0, 0.05) is 37.7 Å². The number of carbonyl (C=O) groups is 3. The van der Waals surface area contributed by atoms with Gasteiger partial charge in [0.05, 0.1) is 11.1 Å². The fourth-order valence-corrected chi connectivity index (χ4v) is 6.10. The van der Waals surface area contributed by atoms with Crippen molar-refractivity contribution in [3.8, 4) is 17.6 Å². The average Bonchev–Trinajstić information content (AvgIpc) is 3.34. The molecule has 0 aliphatic heterocycles. The van der Waals surface area contributed by atoms with E-state index in [1.54, 1.807) is 6.07 Å². The van der Waals surface area contributed by atoms with Gasteiger partial charge in [0.15, 0.2) is 11.4 Å². The number of nitrogens with two attached hydrogens (primary N) is 1. The van der Waals surface area contributed by atoms with Crippen molar-refractivity contribution in [3.05, 3.63) is 51.3 Å². The number of hydrogen-bond donors (Lipinski definition) is 5. The maximum atomic E-state index is 13.7. The van der Waals surface area contributed by atoms with Crippen molar-refractivity contribution < 1.29 is 34.8 Å². The van der Waals surface area contributed by atoms with Gasteiger partial charge in [0.2, 0.25) is 5.78 Å². The van der Waals surface area contributed by atoms with Crippen molar-refractivity contribution in [2.24, 2.45) is 17.6 Å². The minimum absolute atomic E-state index is 0.0445. The number of Topliss-reactive ketones (excluding diaryl/α,β-unsaturated/α-hetero) is 2. The lowest BCUT2D eigenvalue weighted by Crippen LogP contribution is -2.58. The second kappa shape index (κ2) is 8.53. The lowest BCUT2D eigenvalue weighted by molar-refractivity contribution is -0.147. The highest BCUT2D eigenvalue weighted by Crippen LogP contribution is 2.53. The molecule has 0 bridgehead atoms. The first-order valence-corrected chi connectivity index (χ1v) is 12.2. The zero-order valence-electron chi connectivity index (χ0n) is 20.6. The van der Waals surface area contributed by atoms with E-state index < -0.39 is 52.0 Å². The summed E-state index contributed by atoms with van der Waals surface area (Å²) in [5.74, 6) is -0.410. The van der Waals surface area contributed by atoms with Crippen LogP contribution in [-0.2, 0) is 20.8 Å². The molecule has 0 radical (unpaired) electrons. The Hall–Kier alpha value is -4.03. The molecule has 0 aromatic heterocycles. The van der Waals surface area contributed by atoms with Crippen LogP contribution in [0.1, 0.15) is 48.8 Å². The number of nitrogens with zero attached hydrogens (tertiary/aromatic N) is 1. The predicted octanol–water partition coefficient (Wildman–Crippen LogP) is 1.95. The standard InChI is InChI=1S/C28H28N2O7/c1-30(2)18-11-14(8-7-13-5-3-4-6-13)23(32)21-17(18)10-15-9-16-12-19(31)22(27(29)36)26(35)28(16,37)25(34)20(15)24(21)33/h5,11,15-16,32-33,35,37H,3-4,6,9-10,12H2,1-2H3,(H2,29,36)/t15-,16+,28+/m1/s1. The first-order valence-electron chi connectivity index (χ1n) is 12.2. The number of primary amides is 1. The van der Waals surface area contributed by atoms with Gasteiger partial charge in [0.25, 0.3) is 5.91 Å². The molecule has 1 aromatic rings. The van der Waals surface area contributed by atoms with E-state index in [2.05, 4.69) is 11.8 Å². The lowest BCUT2D eigenvalue weighted by atomic mass is 9.59. The van der Waals surface area contributed by atoms with Crippen molar-refractivity contribution in [2.45, 2.75) is 44.1 Å². The zero-order chi connectivity index (χ0) is 26.8. The van der Waals surface area contributed by atoms with Crippen molar-refractivity contribution in [2.75, 3.05) is 19.0 Å². The third kappa shape index (κ3) is 3.55. The third-order valence-corrected chi connectivity index (χ3v) is 7.92. The number of phenolic OH excluding ortho intramolecular Hbond substituents is 1. The molecule has 3 atom stereocenters. The molecular formula is C28H28N2O7. The highest BCUT2D eigenvalue weighted by atomic mass is 16.3. The number of fused-ring (bicyclic) bond motifs is 3. The number of phenols is 1. The van der Waals surface area contributed by atoms with Crippen molar-refractivity contribution >= 4 is 28.9 Å². The molecule has 4 aliphatic rings. The van der Waals surface area contributed by atoms with Crippen LogP contribution < -0.4 is 10.6 Å². The van der Waals surface area contributed by atoms with Crippen molar-refractivity contribution in [1.29, 1.82) is 0 Å². The van der Waals surface area contributed by atoms with Crippen LogP contribution in [-0.4, -0.2) is 57.6 Å². The first kappa shape index (κ1) is 24.7. The Labute approximate surface area is 213 Å². The minimum Gasteiger partial charge on any atom is -0.508 e. The molecule has 5 rings (SSSR count). The maximum absolute atomic E-state index is 13.7. The summed E-state index contributed by atoms with van der Waals surface area (Å²) in [6, 6.07) is 1.74. The summed E-state index contributed by atoms with van der Waals surface area (Å²) in [4.78, 5) is 39.8. The van der Waals surface area contributed by atoms with Gasteiger partial charge in [0.1, 0.15) is 22.8 Å². The summed E-state index contributed by atoms with van der Waals surface area (Å²) in [7, 11) is 3.64. The fraction of sp³-hybridized carbons (Fsp3) is 0.393. The molecule has 1 saturated carbocycles. The normalized spacial score (nSPS) is 26.6. The number of hydrogen-bond acceptors (Lipinski definition) is 8. The molecule has 1 fully saturated rings. The van der Waals surface area contributed by atoms with Crippen LogP contribution in [0.3, 0.4) is 0 Å². The van der Waals surface area contributed by atoms with Crippen LogP contribution in [0.15, 0.2) is 34.6 Å². The first-order chi connectivity index (χ1) is 17.5. The number of benzene rings is 1. The summed E-state index contributed by atoms with van der Waals surface area (Å²) in [6.45, 7) is 0. The molecule has 9 nitrogen and oxygen atoms in total. The Morgan fingerprint density at radius 3 is 2.51 bits per heavy atom. The number of amides is 1. The Bertz CT molecular complexity index is 1440. The number of ketones is 2. The molecule has 4 aliphatic carbocycles. The number of aromatic hydroxyl groups is 1. The highest BCUT2D eigenvalue weighted by molar-refractivity contribution is 6.22. The molecular weight excluding hydrogens is 476 g/mol. The Kier molecular flexibility index (Phi) is 5.68. The van der Waals surface area contributed by atoms with Crippen molar-refractivity contribution in [3.63, 3.8) is 0 Å². The largest absolute Gasteiger partial charge is 0.508 e. The molecule has 6 N–H and O–H groups in total. The fourth-order valence-electron chi connectivity index (χ4n) is 6.10. The van der Waals surface area contributed by atoms with Gasteiger partial charge in [-0.15, -0.1) is 0 Å². The molecule has 0 saturated heterocycles. The maximum Gasteiger partial charge on any atom is 0.255 e. The molecule has 9 heteroatoms. The second-order valence-corrected chi connectivity index (χ2v) is 10.3. The molecule has 1 aromatic carbocycles. The highest BCUT2D eigenvalue weighted by Gasteiger charge is 2.60. The summed E-state index contributed by atoms with van der Waals surface area (Å²) in [5, 5.41) is 44.7. The smallest absolute Gasteiger partial charge is 0.255 e. The van der Waals surface area contributed by atoms with Gasteiger partial charge in [-0.1, -0.05) is 17.9 Å². The van der Waals surface area contributed by atoms with E-state index in [0.717, 1.165) is 24.8 Å². The van der Waals surface area contributed by atoms with E-state index in [1.807, 2.05) is 25.1 Å². The molecule has 192 valence electrons. The Balaban J connectivity index is 1.70. The molecule has 1 amide bonds. The van der Waals surface area contributed by atoms with E-state index >= 15 is 0 Å². The SMILES string of the molecule is CN(C)c1cc(C#CC2=CCCC2)c(O)c2c1C[C@H]1C[C@H]3CC(=O)C(C(N)=O)=C(O)[C@@]3(O)C(=O)C1=C2O. The number of rotatable bonds is 2. The van der Waals surface area contributed by atoms with Gasteiger partial charge in [-0.05, 0) is 55.2 Å². The van der Waals surface area contributed by atoms with Crippen molar-refractivity contribution in [1.82, 2.24) is 0 Å². The minimum atomic E-state index is -2.58. The van der Waals surface area contributed by atoms with Crippen LogP contribution in [0.25, 0.3) is 5.76 Å². The quantitative estimate of drug-likeness (QED) is 0.302. The topological polar surface area (TPSA) is 161 Å². The summed E-state index contributed by atoms with van der Waals surface area (Å²) in [6.07, 6.45) is 4.87. The van der Waals surface area contributed by atoms with Gasteiger partial charge < -0.3 is 31.1 Å². The van der Waals surface area contributed by atoms with Crippen LogP contribution >= 0.6 is 0 Å². The number of aliphatic hydroxyl groups excluding tert-OH is 2. The number of allylic oxidation sites excluding steroid dienone is 2. The molecule has 37 heavy (non-hydrogen) atoms. The number of carbonyl (C=O) groups excluding carboxylic acids is 3. The zero-order valence-corrected chi connectivity index (χ0v) is 20.6. The van der Waals surface area contributed by atoms with E-state index in [1.165, 1.54) is 0 Å². The van der Waals surface area contributed by atoms with E-state index in [4.69, 9.17) is 5.73 Å². The van der Waals surface area contributed by atoms with Gasteiger partial charge in [-0.3, -0.25) is 14.4 Å². The Morgan fingerprint density at radius 2 is 1.89 bits per heavy atom. The van der Waals surface area contributed by atoms with E-state index in [9.17, 15) is 34.8 Å². The molecule has 0 heterocycles. The van der Waals surface area contributed by atoms with Crippen LogP contribution in [0.4, 0.5) is 5.69 Å². The van der Waals surface area contributed by atoms with Gasteiger partial charge >= 0.3 is 0 Å². The van der Waals surface area contributed by atoms with Crippen LogP contribution in [0.5, 0.6) is 5.75 Å². The van der Waals surface area contributed by atoms with E-state index in [-0.39, 0.29) is 41.7 Å².